The van der Waals surface area contributed by atoms with Crippen LogP contribution in [0.25, 0.3) is 0 Å². The van der Waals surface area contributed by atoms with Crippen molar-refractivity contribution in [3.63, 3.8) is 0 Å². The van der Waals surface area contributed by atoms with Gasteiger partial charge >= 0.3 is 0 Å². The van der Waals surface area contributed by atoms with Gasteiger partial charge in [-0.2, -0.15) is 0 Å². The fourth-order valence-electron chi connectivity index (χ4n) is 7.37. The van der Waals surface area contributed by atoms with Crippen molar-refractivity contribution in [1.29, 1.82) is 0 Å². The summed E-state index contributed by atoms with van der Waals surface area (Å²) in [7, 11) is 3.82. The Morgan fingerprint density at radius 3 is 2.62 bits per heavy atom. The minimum Gasteiger partial charge on any atom is -0.493 e. The summed E-state index contributed by atoms with van der Waals surface area (Å²) in [5.41, 5.74) is 1.01. The second-order valence-corrected chi connectivity index (χ2v) is 9.88. The standard InChI is InChI=1S/C23H31NO5/c1-13-11-14(2)29-23(28-13)8-7-22(25)17-12-15-5-6-16(26-4)19-18(15)21(22,20(23)27-19)9-10-24(17)3/h5-6,13-14,17,20,25H,7-12H2,1-4H3. The first-order valence-corrected chi connectivity index (χ1v) is 11.0. The van der Waals surface area contributed by atoms with Gasteiger partial charge in [0.05, 0.1) is 30.3 Å². The Kier molecular flexibility index (Phi) is 3.60. The zero-order valence-electron chi connectivity index (χ0n) is 17.7. The van der Waals surface area contributed by atoms with Gasteiger partial charge in [0, 0.05) is 18.0 Å². The van der Waals surface area contributed by atoms with E-state index in [0.29, 0.717) is 12.8 Å². The molecule has 2 bridgehead atoms. The maximum Gasteiger partial charge on any atom is 0.207 e. The maximum absolute atomic E-state index is 12.3. The van der Waals surface area contributed by atoms with Crippen molar-refractivity contribution in [3.05, 3.63) is 23.3 Å². The van der Waals surface area contributed by atoms with Gasteiger partial charge in [0.2, 0.25) is 5.79 Å². The third-order valence-electron chi connectivity index (χ3n) is 8.40. The van der Waals surface area contributed by atoms with E-state index in [-0.39, 0.29) is 24.4 Å². The highest BCUT2D eigenvalue weighted by molar-refractivity contribution is 5.63. The van der Waals surface area contributed by atoms with Crippen molar-refractivity contribution in [2.75, 3.05) is 20.7 Å². The van der Waals surface area contributed by atoms with Gasteiger partial charge in [0.25, 0.3) is 0 Å². The summed E-state index contributed by atoms with van der Waals surface area (Å²) in [4.78, 5) is 2.33. The first kappa shape index (κ1) is 18.4. The Labute approximate surface area is 172 Å². The highest BCUT2D eigenvalue weighted by Crippen LogP contribution is 2.68. The zero-order valence-corrected chi connectivity index (χ0v) is 17.7. The lowest BCUT2D eigenvalue weighted by atomic mass is 9.48. The largest absolute Gasteiger partial charge is 0.493 e. The van der Waals surface area contributed by atoms with E-state index in [0.717, 1.165) is 42.9 Å². The Bertz CT molecular complexity index is 863. The fraction of sp³-hybridized carbons (Fsp3) is 0.739. The van der Waals surface area contributed by atoms with E-state index in [1.165, 1.54) is 5.56 Å². The topological polar surface area (TPSA) is 60.4 Å². The summed E-state index contributed by atoms with van der Waals surface area (Å²) < 4.78 is 25.5. The van der Waals surface area contributed by atoms with Gasteiger partial charge in [-0.05, 0) is 64.8 Å². The van der Waals surface area contributed by atoms with Crippen molar-refractivity contribution in [1.82, 2.24) is 4.90 Å². The maximum atomic E-state index is 12.3. The molecule has 29 heavy (non-hydrogen) atoms. The fourth-order valence-corrected chi connectivity index (χ4v) is 7.37. The Morgan fingerprint density at radius 1 is 1.14 bits per heavy atom. The van der Waals surface area contributed by atoms with Crippen LogP contribution in [0, 0.1) is 0 Å². The van der Waals surface area contributed by atoms with Crippen LogP contribution >= 0.6 is 0 Å². The molecule has 6 rings (SSSR count). The molecular formula is C23H31NO5. The second kappa shape index (κ2) is 5.67. The quantitative estimate of drug-likeness (QED) is 0.780. The number of likely N-dealkylation sites (tertiary alicyclic amines) is 1. The molecular weight excluding hydrogens is 370 g/mol. The molecule has 2 spiro atoms. The normalized spacial score (nSPS) is 47.6. The van der Waals surface area contributed by atoms with Crippen LogP contribution in [0.2, 0.25) is 0 Å². The van der Waals surface area contributed by atoms with E-state index >= 15 is 0 Å². The summed E-state index contributed by atoms with van der Waals surface area (Å²) in [6, 6.07) is 4.24. The molecule has 6 unspecified atom stereocenters. The van der Waals surface area contributed by atoms with Crippen LogP contribution in [0.1, 0.15) is 50.7 Å². The average Bonchev–Trinajstić information content (AvgIpc) is 3.03. The lowest BCUT2D eigenvalue weighted by Crippen LogP contribution is -2.80. The van der Waals surface area contributed by atoms with Crippen LogP contribution in [0.5, 0.6) is 11.5 Å². The smallest absolute Gasteiger partial charge is 0.207 e. The van der Waals surface area contributed by atoms with Crippen molar-refractivity contribution in [2.24, 2.45) is 0 Å². The minimum atomic E-state index is -0.864. The monoisotopic (exact) mass is 401 g/mol. The number of piperidine rings is 1. The molecule has 2 aliphatic carbocycles. The number of benzene rings is 1. The molecule has 6 heteroatoms. The summed E-state index contributed by atoms with van der Waals surface area (Å²) >= 11 is 0. The van der Waals surface area contributed by atoms with Crippen molar-refractivity contribution < 1.29 is 24.1 Å². The summed E-state index contributed by atoms with van der Waals surface area (Å²) in [6.45, 7) is 5.15. The van der Waals surface area contributed by atoms with Gasteiger partial charge in [0.15, 0.2) is 17.6 Å². The van der Waals surface area contributed by atoms with Gasteiger partial charge in [-0.1, -0.05) is 6.07 Å². The molecule has 2 saturated heterocycles. The highest BCUT2D eigenvalue weighted by atomic mass is 16.7. The van der Waals surface area contributed by atoms with Crippen molar-refractivity contribution in [3.8, 4) is 11.5 Å². The van der Waals surface area contributed by atoms with E-state index in [1.54, 1.807) is 7.11 Å². The predicted molar refractivity (Wildman–Crippen MR) is 106 cm³/mol. The molecule has 3 heterocycles. The van der Waals surface area contributed by atoms with Gasteiger partial charge in [-0.15, -0.1) is 0 Å². The third-order valence-corrected chi connectivity index (χ3v) is 8.40. The Hall–Kier alpha value is -1.34. The molecule has 1 saturated carbocycles. The molecule has 158 valence electrons. The molecule has 6 nitrogen and oxygen atoms in total. The van der Waals surface area contributed by atoms with E-state index in [9.17, 15) is 5.11 Å². The number of likely N-dealkylation sites (N-methyl/N-ethyl adjacent to an activating group) is 1. The number of ether oxygens (including phenoxy) is 4. The van der Waals surface area contributed by atoms with Crippen LogP contribution in [0.3, 0.4) is 0 Å². The Balaban J connectivity index is 1.61. The van der Waals surface area contributed by atoms with Crippen LogP contribution < -0.4 is 9.47 Å². The third kappa shape index (κ3) is 2.02. The number of hydrogen-bond donors (Lipinski definition) is 1. The summed E-state index contributed by atoms with van der Waals surface area (Å²) in [6.07, 6.45) is 3.64. The molecule has 5 aliphatic rings. The van der Waals surface area contributed by atoms with E-state index in [4.69, 9.17) is 18.9 Å². The molecule has 3 aliphatic heterocycles. The number of fused-ring (bicyclic) bond motifs is 1. The number of nitrogens with zero attached hydrogens (tertiary/aromatic N) is 1. The predicted octanol–water partition coefficient (Wildman–Crippen LogP) is 2.39. The first-order chi connectivity index (χ1) is 13.8. The summed E-state index contributed by atoms with van der Waals surface area (Å²) in [5.74, 6) is 0.692. The average molecular weight is 402 g/mol. The molecule has 0 aromatic heterocycles. The highest BCUT2D eigenvalue weighted by Gasteiger charge is 2.77. The van der Waals surface area contributed by atoms with Crippen LogP contribution in [-0.4, -0.2) is 66.5 Å². The number of methoxy groups -OCH3 is 1. The number of hydrogen-bond acceptors (Lipinski definition) is 6. The number of aliphatic hydroxyl groups is 1. The molecule has 0 amide bonds. The van der Waals surface area contributed by atoms with Crippen molar-refractivity contribution in [2.45, 2.75) is 87.1 Å². The van der Waals surface area contributed by atoms with Gasteiger partial charge < -0.3 is 29.0 Å². The van der Waals surface area contributed by atoms with Crippen molar-refractivity contribution >= 4 is 0 Å². The van der Waals surface area contributed by atoms with E-state index in [1.807, 2.05) is 6.07 Å². The van der Waals surface area contributed by atoms with Gasteiger partial charge in [0.1, 0.15) is 0 Å². The van der Waals surface area contributed by atoms with Gasteiger partial charge in [-0.3, -0.25) is 0 Å². The molecule has 1 N–H and O–H groups in total. The first-order valence-electron chi connectivity index (χ1n) is 11.0. The molecule has 1 aromatic rings. The molecule has 1 aromatic carbocycles. The lowest BCUT2D eigenvalue weighted by Gasteiger charge is -2.66. The van der Waals surface area contributed by atoms with Crippen LogP contribution in [-0.2, 0) is 21.3 Å². The van der Waals surface area contributed by atoms with E-state index in [2.05, 4.69) is 31.9 Å². The lowest BCUT2D eigenvalue weighted by molar-refractivity contribution is -0.378. The number of rotatable bonds is 1. The molecule has 0 radical (unpaired) electrons. The minimum absolute atomic E-state index is 0.0741. The van der Waals surface area contributed by atoms with E-state index < -0.39 is 16.8 Å². The SMILES string of the molecule is COc1ccc2c3c1OC1C4(CCC5(O)C(C2)N(C)CCC315)OC(C)CC(C)O4. The zero-order chi connectivity index (χ0) is 20.2. The second-order valence-electron chi connectivity index (χ2n) is 9.88. The Morgan fingerprint density at radius 2 is 1.90 bits per heavy atom. The van der Waals surface area contributed by atoms with Crippen LogP contribution in [0.15, 0.2) is 12.1 Å². The molecule has 3 fully saturated rings. The summed E-state index contributed by atoms with van der Waals surface area (Å²) in [5, 5.41) is 12.3. The van der Waals surface area contributed by atoms with Crippen LogP contribution in [0.4, 0.5) is 0 Å². The van der Waals surface area contributed by atoms with Gasteiger partial charge in [-0.25, -0.2) is 0 Å². The molecule has 6 atom stereocenters.